The van der Waals surface area contributed by atoms with Crippen molar-refractivity contribution in [2.75, 3.05) is 20.3 Å². The zero-order chi connectivity index (χ0) is 11.4. The lowest BCUT2D eigenvalue weighted by molar-refractivity contribution is 0.0235. The van der Waals surface area contributed by atoms with E-state index in [9.17, 15) is 0 Å². The molecule has 0 aromatic carbocycles. The van der Waals surface area contributed by atoms with E-state index in [4.69, 9.17) is 9.47 Å². The summed E-state index contributed by atoms with van der Waals surface area (Å²) in [4.78, 5) is 4.20. The minimum Gasteiger partial charge on any atom is -0.382 e. The van der Waals surface area contributed by atoms with Gasteiger partial charge >= 0.3 is 0 Å². The highest BCUT2D eigenvalue weighted by Gasteiger charge is 2.10. The van der Waals surface area contributed by atoms with Gasteiger partial charge in [0.25, 0.3) is 0 Å². The zero-order valence-corrected chi connectivity index (χ0v) is 9.46. The van der Waals surface area contributed by atoms with Crippen LogP contribution in [0.5, 0.6) is 0 Å². The molecular weight excluding hydrogens is 206 g/mol. The fraction of sp³-hybridized carbons (Fsp3) is 0.455. The quantitative estimate of drug-likeness (QED) is 0.717. The first kappa shape index (κ1) is 11.0. The molecule has 0 fully saturated rings. The van der Waals surface area contributed by atoms with Crippen molar-refractivity contribution in [3.8, 4) is 0 Å². The Labute approximate surface area is 94.0 Å². The second-order valence-electron chi connectivity index (χ2n) is 3.50. The minimum absolute atomic E-state index is 0.0446. The van der Waals surface area contributed by atoms with Crippen LogP contribution in [0.15, 0.2) is 24.5 Å². The van der Waals surface area contributed by atoms with Crippen LogP contribution in [0.1, 0.15) is 18.7 Å². The largest absolute Gasteiger partial charge is 0.382 e. The van der Waals surface area contributed by atoms with Gasteiger partial charge in [-0.25, -0.2) is 9.50 Å². The number of fused-ring (bicyclic) bond motifs is 1. The molecule has 2 heterocycles. The number of rotatable bonds is 5. The Bertz CT molecular complexity index is 422. The number of nitrogens with zero attached hydrogens (tertiary/aromatic N) is 3. The maximum Gasteiger partial charge on any atom is 0.155 e. The molecule has 1 unspecified atom stereocenters. The maximum atomic E-state index is 5.57. The molecule has 0 spiro atoms. The Morgan fingerprint density at radius 3 is 3.06 bits per heavy atom. The van der Waals surface area contributed by atoms with E-state index in [1.165, 1.54) is 0 Å². The van der Waals surface area contributed by atoms with Gasteiger partial charge in [0.15, 0.2) is 5.65 Å². The highest BCUT2D eigenvalue weighted by Crippen LogP contribution is 2.15. The van der Waals surface area contributed by atoms with Crippen molar-refractivity contribution in [2.45, 2.75) is 13.0 Å². The summed E-state index contributed by atoms with van der Waals surface area (Å²) in [5.41, 5.74) is 1.72. The first-order chi connectivity index (χ1) is 7.81. The summed E-state index contributed by atoms with van der Waals surface area (Å²) in [6.07, 6.45) is 3.57. The van der Waals surface area contributed by atoms with Crippen molar-refractivity contribution in [3.63, 3.8) is 0 Å². The van der Waals surface area contributed by atoms with Crippen LogP contribution in [0.2, 0.25) is 0 Å². The van der Waals surface area contributed by atoms with Gasteiger partial charge < -0.3 is 9.47 Å². The molecule has 16 heavy (non-hydrogen) atoms. The molecule has 0 N–H and O–H groups in total. The van der Waals surface area contributed by atoms with Gasteiger partial charge in [-0.1, -0.05) is 0 Å². The van der Waals surface area contributed by atoms with Gasteiger partial charge in [-0.2, -0.15) is 5.10 Å². The number of ether oxygens (including phenoxy) is 2. The molecule has 0 aliphatic rings. The first-order valence-corrected chi connectivity index (χ1v) is 5.22. The summed E-state index contributed by atoms with van der Waals surface area (Å²) in [7, 11) is 1.66. The monoisotopic (exact) mass is 221 g/mol. The van der Waals surface area contributed by atoms with E-state index in [-0.39, 0.29) is 6.10 Å². The van der Waals surface area contributed by atoms with Crippen LogP contribution in [0.4, 0.5) is 0 Å². The van der Waals surface area contributed by atoms with Crippen LogP contribution in [0.3, 0.4) is 0 Å². The Morgan fingerprint density at radius 1 is 1.44 bits per heavy atom. The Morgan fingerprint density at radius 2 is 2.31 bits per heavy atom. The fourth-order valence-electron chi connectivity index (χ4n) is 1.44. The summed E-state index contributed by atoms with van der Waals surface area (Å²) in [6, 6.07) is 3.78. The molecule has 5 nitrogen and oxygen atoms in total. The number of hydrogen-bond donors (Lipinski definition) is 0. The van der Waals surface area contributed by atoms with Crippen LogP contribution >= 0.6 is 0 Å². The molecule has 0 aliphatic carbocycles. The lowest BCUT2D eigenvalue weighted by Gasteiger charge is -2.09. The Hall–Kier alpha value is -1.46. The van der Waals surface area contributed by atoms with Crippen LogP contribution in [0.25, 0.3) is 5.65 Å². The molecule has 0 bridgehead atoms. The SMILES string of the molecule is COCCOC(C)c1cc2ncccn2n1. The van der Waals surface area contributed by atoms with E-state index in [1.807, 2.05) is 25.3 Å². The molecule has 0 amide bonds. The van der Waals surface area contributed by atoms with Gasteiger partial charge in [0.2, 0.25) is 0 Å². The summed E-state index contributed by atoms with van der Waals surface area (Å²) in [6.45, 7) is 3.13. The molecule has 2 aromatic heterocycles. The van der Waals surface area contributed by atoms with Gasteiger partial charge in [0, 0.05) is 25.6 Å². The molecule has 0 aliphatic heterocycles. The lowest BCUT2D eigenvalue weighted by atomic mass is 10.3. The predicted molar refractivity (Wildman–Crippen MR) is 59.2 cm³/mol. The minimum atomic E-state index is -0.0446. The predicted octanol–water partition coefficient (Wildman–Crippen LogP) is 1.45. The van der Waals surface area contributed by atoms with E-state index in [1.54, 1.807) is 17.8 Å². The van der Waals surface area contributed by atoms with Gasteiger partial charge in [0.1, 0.15) is 0 Å². The van der Waals surface area contributed by atoms with Crippen LogP contribution in [0, 0.1) is 0 Å². The second-order valence-corrected chi connectivity index (χ2v) is 3.50. The Balaban J connectivity index is 2.07. The van der Waals surface area contributed by atoms with Gasteiger partial charge in [-0.05, 0) is 13.0 Å². The van der Waals surface area contributed by atoms with E-state index < -0.39 is 0 Å². The molecular formula is C11H15N3O2. The van der Waals surface area contributed by atoms with E-state index >= 15 is 0 Å². The third-order valence-corrected chi connectivity index (χ3v) is 2.33. The first-order valence-electron chi connectivity index (χ1n) is 5.22. The second kappa shape index (κ2) is 5.05. The summed E-state index contributed by atoms with van der Waals surface area (Å²) in [5.74, 6) is 0. The molecule has 86 valence electrons. The maximum absolute atomic E-state index is 5.57. The average Bonchev–Trinajstić information content (AvgIpc) is 2.73. The van der Waals surface area contributed by atoms with Crippen molar-refractivity contribution < 1.29 is 9.47 Å². The number of aromatic nitrogens is 3. The summed E-state index contributed by atoms with van der Waals surface area (Å²) < 4.78 is 12.2. The van der Waals surface area contributed by atoms with Gasteiger partial charge in [-0.3, -0.25) is 0 Å². The van der Waals surface area contributed by atoms with E-state index in [0.717, 1.165) is 11.3 Å². The molecule has 1 atom stereocenters. The molecule has 0 saturated heterocycles. The van der Waals surface area contributed by atoms with Crippen LogP contribution < -0.4 is 0 Å². The van der Waals surface area contributed by atoms with Crippen molar-refractivity contribution in [1.29, 1.82) is 0 Å². The van der Waals surface area contributed by atoms with Crippen LogP contribution in [-0.2, 0) is 9.47 Å². The normalized spacial score (nSPS) is 13.1. The van der Waals surface area contributed by atoms with Crippen LogP contribution in [-0.4, -0.2) is 34.9 Å². The molecule has 0 radical (unpaired) electrons. The summed E-state index contributed by atoms with van der Waals surface area (Å²) >= 11 is 0. The molecule has 2 rings (SSSR count). The molecule has 5 heteroatoms. The number of hydrogen-bond acceptors (Lipinski definition) is 4. The van der Waals surface area contributed by atoms with Crippen molar-refractivity contribution in [1.82, 2.24) is 14.6 Å². The molecule has 2 aromatic rings. The van der Waals surface area contributed by atoms with Gasteiger partial charge in [-0.15, -0.1) is 0 Å². The highest BCUT2D eigenvalue weighted by atomic mass is 16.5. The topological polar surface area (TPSA) is 48.7 Å². The third kappa shape index (κ3) is 2.37. The molecule has 0 saturated carbocycles. The van der Waals surface area contributed by atoms with Crippen molar-refractivity contribution >= 4 is 5.65 Å². The standard InChI is InChI=1S/C11H15N3O2/c1-9(16-7-6-15-2)10-8-11-12-4-3-5-14(11)13-10/h3-5,8-9H,6-7H2,1-2H3. The smallest absolute Gasteiger partial charge is 0.155 e. The van der Waals surface area contributed by atoms with Crippen molar-refractivity contribution in [2.24, 2.45) is 0 Å². The zero-order valence-electron chi connectivity index (χ0n) is 9.46. The van der Waals surface area contributed by atoms with Gasteiger partial charge in [0.05, 0.1) is 25.0 Å². The Kier molecular flexibility index (Phi) is 3.48. The van der Waals surface area contributed by atoms with Crippen molar-refractivity contribution in [3.05, 3.63) is 30.2 Å². The number of methoxy groups -OCH3 is 1. The lowest BCUT2D eigenvalue weighted by Crippen LogP contribution is -2.06. The van der Waals surface area contributed by atoms with E-state index in [0.29, 0.717) is 13.2 Å². The third-order valence-electron chi connectivity index (χ3n) is 2.33. The van der Waals surface area contributed by atoms with E-state index in [2.05, 4.69) is 10.1 Å². The summed E-state index contributed by atoms with van der Waals surface area (Å²) in [5, 5.41) is 4.38. The fourth-order valence-corrected chi connectivity index (χ4v) is 1.44. The highest BCUT2D eigenvalue weighted by molar-refractivity contribution is 5.38. The average molecular weight is 221 g/mol.